The van der Waals surface area contributed by atoms with Crippen LogP contribution in [0.5, 0.6) is 0 Å². The number of benzene rings is 1. The van der Waals surface area contributed by atoms with Crippen molar-refractivity contribution in [1.29, 1.82) is 0 Å². The van der Waals surface area contributed by atoms with Crippen LogP contribution in [0.25, 0.3) is 11.6 Å². The van der Waals surface area contributed by atoms with Crippen LogP contribution < -0.4 is 10.0 Å². The van der Waals surface area contributed by atoms with Gasteiger partial charge in [0.25, 0.3) is 5.91 Å². The number of amides is 1. The van der Waals surface area contributed by atoms with Crippen LogP contribution in [-0.4, -0.2) is 21.4 Å². The lowest BCUT2D eigenvalue weighted by Gasteiger charge is -2.05. The summed E-state index contributed by atoms with van der Waals surface area (Å²) < 4.78 is 26.0. The number of hydrogen-bond acceptors (Lipinski definition) is 4. The number of carbonyl (C=O) groups excluding carboxylic acids is 1. The van der Waals surface area contributed by atoms with E-state index in [1.165, 1.54) is 30.5 Å². The Morgan fingerprint density at radius 1 is 1.29 bits per heavy atom. The van der Waals surface area contributed by atoms with E-state index < -0.39 is 10.0 Å². The van der Waals surface area contributed by atoms with Crippen LogP contribution in [0.1, 0.15) is 11.1 Å². The quantitative estimate of drug-likeness (QED) is 0.851. The topological polar surface area (TPSA) is 75.3 Å². The SMILES string of the molecule is CNS(=O)(=O)c1ccc2c(c1)C(=Cc1ccsc1)C(=O)N2. The van der Waals surface area contributed by atoms with Gasteiger partial charge in [0.2, 0.25) is 10.0 Å². The molecule has 0 spiro atoms. The summed E-state index contributed by atoms with van der Waals surface area (Å²) in [7, 11) is -2.18. The molecule has 0 saturated heterocycles. The highest BCUT2D eigenvalue weighted by atomic mass is 32.2. The second-order valence-electron chi connectivity index (χ2n) is 4.48. The molecule has 0 fully saturated rings. The molecule has 1 aliphatic heterocycles. The van der Waals surface area contributed by atoms with Gasteiger partial charge in [0.15, 0.2) is 0 Å². The van der Waals surface area contributed by atoms with E-state index in [9.17, 15) is 13.2 Å². The van der Waals surface area contributed by atoms with Crippen molar-refractivity contribution in [2.75, 3.05) is 12.4 Å². The minimum atomic E-state index is -3.54. The van der Waals surface area contributed by atoms with Crippen LogP contribution in [-0.2, 0) is 14.8 Å². The molecule has 2 heterocycles. The third-order valence-electron chi connectivity index (χ3n) is 3.21. The van der Waals surface area contributed by atoms with Crippen molar-refractivity contribution in [2.45, 2.75) is 4.90 Å². The number of hydrogen-bond donors (Lipinski definition) is 2. The molecule has 5 nitrogen and oxygen atoms in total. The molecular weight excluding hydrogens is 308 g/mol. The van der Waals surface area contributed by atoms with Crippen LogP contribution in [0.3, 0.4) is 0 Å². The summed E-state index contributed by atoms with van der Waals surface area (Å²) in [6.45, 7) is 0. The molecule has 0 atom stereocenters. The Balaban J connectivity index is 2.13. The van der Waals surface area contributed by atoms with E-state index in [1.807, 2.05) is 16.8 Å². The van der Waals surface area contributed by atoms with Gasteiger partial charge in [-0.15, -0.1) is 0 Å². The van der Waals surface area contributed by atoms with E-state index in [4.69, 9.17) is 0 Å². The zero-order chi connectivity index (χ0) is 15.0. The zero-order valence-corrected chi connectivity index (χ0v) is 12.7. The first-order chi connectivity index (χ1) is 10.0. The van der Waals surface area contributed by atoms with Gasteiger partial charge >= 0.3 is 0 Å². The van der Waals surface area contributed by atoms with Crippen molar-refractivity contribution >= 4 is 44.6 Å². The number of anilines is 1. The monoisotopic (exact) mass is 320 g/mol. The molecule has 21 heavy (non-hydrogen) atoms. The van der Waals surface area contributed by atoms with E-state index >= 15 is 0 Å². The molecule has 0 bridgehead atoms. The molecule has 108 valence electrons. The maximum atomic E-state index is 12.0. The molecule has 0 radical (unpaired) electrons. The molecule has 7 heteroatoms. The average molecular weight is 320 g/mol. The van der Waals surface area contributed by atoms with Crippen LogP contribution in [0.2, 0.25) is 0 Å². The van der Waals surface area contributed by atoms with E-state index in [1.54, 1.807) is 12.1 Å². The Hall–Kier alpha value is -1.96. The maximum Gasteiger partial charge on any atom is 0.256 e. The summed E-state index contributed by atoms with van der Waals surface area (Å²) in [6, 6.07) is 6.48. The summed E-state index contributed by atoms with van der Waals surface area (Å²) in [5.74, 6) is -0.227. The highest BCUT2D eigenvalue weighted by Crippen LogP contribution is 2.34. The number of fused-ring (bicyclic) bond motifs is 1. The van der Waals surface area contributed by atoms with Gasteiger partial charge in [0, 0.05) is 16.8 Å². The standard InChI is InChI=1S/C14H12N2O3S2/c1-15-21(18,19)10-2-3-13-11(7-10)12(14(17)16-13)6-9-4-5-20-8-9/h2-8,15H,1H3,(H,16,17). The second-order valence-corrected chi connectivity index (χ2v) is 7.15. The molecule has 1 aliphatic rings. The first kappa shape index (κ1) is 14.0. The van der Waals surface area contributed by atoms with Gasteiger partial charge in [0.05, 0.1) is 4.90 Å². The van der Waals surface area contributed by atoms with Gasteiger partial charge in [-0.3, -0.25) is 4.79 Å². The van der Waals surface area contributed by atoms with Crippen LogP contribution >= 0.6 is 11.3 Å². The third kappa shape index (κ3) is 2.51. The van der Waals surface area contributed by atoms with E-state index in [-0.39, 0.29) is 10.8 Å². The smallest absolute Gasteiger partial charge is 0.256 e. The molecular formula is C14H12N2O3S2. The maximum absolute atomic E-state index is 12.0. The molecule has 2 N–H and O–H groups in total. The number of sulfonamides is 1. The van der Waals surface area contributed by atoms with Crippen molar-refractivity contribution in [2.24, 2.45) is 0 Å². The first-order valence-corrected chi connectivity index (χ1v) is 8.57. The number of carbonyl (C=O) groups is 1. The molecule has 0 unspecified atom stereocenters. The lowest BCUT2D eigenvalue weighted by atomic mass is 10.1. The van der Waals surface area contributed by atoms with Gasteiger partial charge in [-0.05, 0) is 53.7 Å². The summed E-state index contributed by atoms with van der Waals surface area (Å²) in [5, 5.41) is 6.58. The van der Waals surface area contributed by atoms with Crippen LogP contribution in [0, 0.1) is 0 Å². The Morgan fingerprint density at radius 2 is 2.10 bits per heavy atom. The van der Waals surface area contributed by atoms with Crippen molar-refractivity contribution < 1.29 is 13.2 Å². The van der Waals surface area contributed by atoms with E-state index in [0.717, 1.165) is 5.56 Å². The van der Waals surface area contributed by atoms with Crippen molar-refractivity contribution in [1.82, 2.24) is 4.72 Å². The minimum Gasteiger partial charge on any atom is -0.321 e. The zero-order valence-electron chi connectivity index (χ0n) is 11.1. The normalized spacial score (nSPS) is 16.0. The molecule has 0 aliphatic carbocycles. The molecule has 3 rings (SSSR count). The fourth-order valence-electron chi connectivity index (χ4n) is 2.12. The van der Waals surface area contributed by atoms with Gasteiger partial charge in [-0.1, -0.05) is 0 Å². The Morgan fingerprint density at radius 3 is 2.76 bits per heavy atom. The summed E-state index contributed by atoms with van der Waals surface area (Å²) in [4.78, 5) is 12.2. The van der Waals surface area contributed by atoms with Gasteiger partial charge in [-0.2, -0.15) is 11.3 Å². The van der Waals surface area contributed by atoms with Gasteiger partial charge in [0.1, 0.15) is 0 Å². The highest BCUT2D eigenvalue weighted by Gasteiger charge is 2.26. The molecule has 0 saturated carbocycles. The van der Waals surface area contributed by atoms with Crippen LogP contribution in [0.15, 0.2) is 39.9 Å². The Labute approximate surface area is 126 Å². The Kier molecular flexibility index (Phi) is 3.40. The van der Waals surface area contributed by atoms with Gasteiger partial charge in [-0.25, -0.2) is 13.1 Å². The van der Waals surface area contributed by atoms with Crippen molar-refractivity contribution in [3.63, 3.8) is 0 Å². The minimum absolute atomic E-state index is 0.136. The largest absolute Gasteiger partial charge is 0.321 e. The van der Waals surface area contributed by atoms with Crippen molar-refractivity contribution in [3.8, 4) is 0 Å². The highest BCUT2D eigenvalue weighted by molar-refractivity contribution is 7.89. The van der Waals surface area contributed by atoms with Crippen molar-refractivity contribution in [3.05, 3.63) is 46.2 Å². The van der Waals surface area contributed by atoms with Crippen LogP contribution in [0.4, 0.5) is 5.69 Å². The van der Waals surface area contributed by atoms with E-state index in [2.05, 4.69) is 10.0 Å². The number of rotatable bonds is 3. The summed E-state index contributed by atoms with van der Waals surface area (Å²) in [5.41, 5.74) is 2.61. The first-order valence-electron chi connectivity index (χ1n) is 6.14. The predicted molar refractivity (Wildman–Crippen MR) is 83.5 cm³/mol. The third-order valence-corrected chi connectivity index (χ3v) is 5.32. The lowest BCUT2D eigenvalue weighted by Crippen LogP contribution is -2.18. The Bertz CT molecular complexity index is 837. The van der Waals surface area contributed by atoms with E-state index in [0.29, 0.717) is 16.8 Å². The average Bonchev–Trinajstić information content (AvgIpc) is 3.08. The summed E-state index contributed by atoms with van der Waals surface area (Å²) in [6.07, 6.45) is 1.76. The fourth-order valence-corrected chi connectivity index (χ4v) is 3.49. The second kappa shape index (κ2) is 5.10. The number of thiophene rings is 1. The fraction of sp³-hybridized carbons (Fsp3) is 0.0714. The number of nitrogens with one attached hydrogen (secondary N) is 2. The molecule has 1 amide bonds. The summed E-state index contributed by atoms with van der Waals surface area (Å²) >= 11 is 1.53. The molecule has 2 aromatic rings. The lowest BCUT2D eigenvalue weighted by molar-refractivity contribution is -0.110. The van der Waals surface area contributed by atoms with Gasteiger partial charge < -0.3 is 5.32 Å². The molecule has 1 aromatic heterocycles. The molecule has 1 aromatic carbocycles. The predicted octanol–water partition coefficient (Wildman–Crippen LogP) is 2.15.